The van der Waals surface area contributed by atoms with E-state index in [2.05, 4.69) is 21.9 Å². The molecule has 21 heavy (non-hydrogen) atoms. The Morgan fingerprint density at radius 2 is 2.14 bits per heavy atom. The van der Waals surface area contributed by atoms with Gasteiger partial charge < -0.3 is 5.32 Å². The van der Waals surface area contributed by atoms with Crippen molar-refractivity contribution in [1.29, 1.82) is 0 Å². The number of sulfonamides is 1. The van der Waals surface area contributed by atoms with Crippen molar-refractivity contribution in [3.63, 3.8) is 0 Å². The van der Waals surface area contributed by atoms with E-state index in [9.17, 15) is 8.42 Å². The maximum absolute atomic E-state index is 12.2. The van der Waals surface area contributed by atoms with Crippen molar-refractivity contribution < 1.29 is 8.42 Å². The van der Waals surface area contributed by atoms with Gasteiger partial charge in [-0.1, -0.05) is 6.92 Å². The zero-order valence-corrected chi connectivity index (χ0v) is 14.3. The molecule has 0 aliphatic carbocycles. The maximum Gasteiger partial charge on any atom is 0.250 e. The van der Waals surface area contributed by atoms with Crippen LogP contribution in [0.3, 0.4) is 0 Å². The Kier molecular flexibility index (Phi) is 6.31. The van der Waals surface area contributed by atoms with Crippen molar-refractivity contribution in [2.75, 3.05) is 13.1 Å². The second-order valence-corrected chi connectivity index (χ2v) is 8.20. The molecule has 0 fully saturated rings. The molecule has 0 radical (unpaired) electrons. The minimum absolute atomic E-state index is 0.368. The number of thiophene rings is 1. The number of hydrogen-bond donors (Lipinski definition) is 2. The molecule has 0 atom stereocenters. The minimum Gasteiger partial charge on any atom is -0.313 e. The van der Waals surface area contributed by atoms with Crippen molar-refractivity contribution in [2.45, 2.75) is 30.5 Å². The van der Waals surface area contributed by atoms with E-state index < -0.39 is 10.0 Å². The van der Waals surface area contributed by atoms with E-state index in [4.69, 9.17) is 0 Å². The highest BCUT2D eigenvalue weighted by molar-refractivity contribution is 7.91. The van der Waals surface area contributed by atoms with Crippen molar-refractivity contribution in [3.8, 4) is 0 Å². The highest BCUT2D eigenvalue weighted by Crippen LogP contribution is 2.20. The molecular weight excluding hydrogens is 326 g/mol. The van der Waals surface area contributed by atoms with Crippen LogP contribution in [0.5, 0.6) is 0 Å². The summed E-state index contributed by atoms with van der Waals surface area (Å²) < 4.78 is 27.3. The lowest BCUT2D eigenvalue weighted by atomic mass is 10.3. The molecule has 0 unspecified atom stereocenters. The van der Waals surface area contributed by atoms with Crippen LogP contribution >= 0.6 is 22.7 Å². The van der Waals surface area contributed by atoms with Gasteiger partial charge >= 0.3 is 0 Å². The first-order valence-electron chi connectivity index (χ1n) is 6.76. The summed E-state index contributed by atoms with van der Waals surface area (Å²) in [6.45, 7) is 4.11. The first kappa shape index (κ1) is 16.6. The molecule has 0 amide bonds. The molecule has 0 saturated carbocycles. The van der Waals surface area contributed by atoms with Gasteiger partial charge in [0.2, 0.25) is 10.0 Å². The number of thiazole rings is 1. The summed E-state index contributed by atoms with van der Waals surface area (Å²) in [5, 5.41) is 7.08. The summed E-state index contributed by atoms with van der Waals surface area (Å²) in [7, 11) is -3.41. The largest absolute Gasteiger partial charge is 0.313 e. The molecule has 0 saturated heterocycles. The zero-order chi connectivity index (χ0) is 15.1. The van der Waals surface area contributed by atoms with E-state index in [0.717, 1.165) is 24.2 Å². The summed E-state index contributed by atoms with van der Waals surface area (Å²) >= 11 is 2.77. The van der Waals surface area contributed by atoms with E-state index in [1.54, 1.807) is 11.6 Å². The topological polar surface area (TPSA) is 71.1 Å². The van der Waals surface area contributed by atoms with Crippen LogP contribution in [0, 0.1) is 0 Å². The molecule has 2 N–H and O–H groups in total. The van der Waals surface area contributed by atoms with Crippen LogP contribution in [0.15, 0.2) is 26.5 Å². The lowest BCUT2D eigenvalue weighted by Gasteiger charge is -2.03. The van der Waals surface area contributed by atoms with Gasteiger partial charge in [0, 0.05) is 24.9 Å². The minimum atomic E-state index is -3.41. The van der Waals surface area contributed by atoms with E-state index in [-0.39, 0.29) is 0 Å². The molecule has 0 aliphatic heterocycles. The SMILES string of the molecule is CCCNCc1csc(S(=O)(=O)NCCc2cscn2)c1. The molecule has 8 heteroatoms. The zero-order valence-electron chi connectivity index (χ0n) is 11.8. The first-order chi connectivity index (χ1) is 10.1. The Labute approximate surface area is 133 Å². The summed E-state index contributed by atoms with van der Waals surface area (Å²) in [5.41, 5.74) is 3.67. The molecule has 0 bridgehead atoms. The highest BCUT2D eigenvalue weighted by Gasteiger charge is 2.16. The average Bonchev–Trinajstić information content (AvgIpc) is 3.10. The van der Waals surface area contributed by atoms with Crippen molar-refractivity contribution >= 4 is 32.7 Å². The molecule has 5 nitrogen and oxygen atoms in total. The van der Waals surface area contributed by atoms with Gasteiger partial charge in [0.15, 0.2) is 0 Å². The lowest BCUT2D eigenvalue weighted by molar-refractivity contribution is 0.583. The molecule has 2 rings (SSSR count). The molecule has 2 aromatic heterocycles. The van der Waals surface area contributed by atoms with Crippen LogP contribution in [0.2, 0.25) is 0 Å². The van der Waals surface area contributed by atoms with E-state index >= 15 is 0 Å². The van der Waals surface area contributed by atoms with Crippen molar-refractivity contribution in [2.24, 2.45) is 0 Å². The molecule has 0 aliphatic rings. The van der Waals surface area contributed by atoms with Crippen LogP contribution < -0.4 is 10.0 Å². The number of hydrogen-bond acceptors (Lipinski definition) is 6. The van der Waals surface area contributed by atoms with Gasteiger partial charge in [0.05, 0.1) is 11.2 Å². The van der Waals surface area contributed by atoms with E-state index in [0.29, 0.717) is 23.7 Å². The van der Waals surface area contributed by atoms with Gasteiger partial charge in [-0.25, -0.2) is 18.1 Å². The maximum atomic E-state index is 12.2. The van der Waals surface area contributed by atoms with Gasteiger partial charge in [-0.3, -0.25) is 0 Å². The number of nitrogens with one attached hydrogen (secondary N) is 2. The fraction of sp³-hybridized carbons (Fsp3) is 0.462. The Morgan fingerprint density at radius 3 is 2.86 bits per heavy atom. The predicted octanol–water partition coefficient (Wildman–Crippen LogP) is 2.23. The second-order valence-electron chi connectivity index (χ2n) is 4.58. The number of aromatic nitrogens is 1. The van der Waals surface area contributed by atoms with Crippen LogP contribution in [-0.2, 0) is 23.0 Å². The predicted molar refractivity (Wildman–Crippen MR) is 87.3 cm³/mol. The number of nitrogens with zero attached hydrogens (tertiary/aromatic N) is 1. The van der Waals surface area contributed by atoms with Gasteiger partial charge in [-0.05, 0) is 30.0 Å². The number of rotatable bonds is 9. The quantitative estimate of drug-likeness (QED) is 0.684. The second kappa shape index (κ2) is 8.00. The van der Waals surface area contributed by atoms with Crippen LogP contribution in [0.1, 0.15) is 24.6 Å². The van der Waals surface area contributed by atoms with Gasteiger partial charge in [-0.2, -0.15) is 0 Å². The molecule has 2 aromatic rings. The van der Waals surface area contributed by atoms with Crippen LogP contribution in [0.4, 0.5) is 0 Å². The third-order valence-electron chi connectivity index (χ3n) is 2.81. The summed E-state index contributed by atoms with van der Waals surface area (Å²) in [6.07, 6.45) is 1.67. The average molecular weight is 346 g/mol. The third kappa shape index (κ3) is 5.15. The highest BCUT2D eigenvalue weighted by atomic mass is 32.2. The Bertz CT molecular complexity index is 635. The lowest BCUT2D eigenvalue weighted by Crippen LogP contribution is -2.25. The van der Waals surface area contributed by atoms with Gasteiger partial charge in [0.1, 0.15) is 4.21 Å². The normalized spacial score (nSPS) is 11.9. The monoisotopic (exact) mass is 345 g/mol. The van der Waals surface area contributed by atoms with Crippen molar-refractivity contribution in [3.05, 3.63) is 33.6 Å². The smallest absolute Gasteiger partial charge is 0.250 e. The van der Waals surface area contributed by atoms with Crippen LogP contribution in [0.25, 0.3) is 0 Å². The summed E-state index contributed by atoms with van der Waals surface area (Å²) in [6, 6.07) is 1.73. The summed E-state index contributed by atoms with van der Waals surface area (Å²) in [4.78, 5) is 4.13. The van der Waals surface area contributed by atoms with Crippen molar-refractivity contribution in [1.82, 2.24) is 15.0 Å². The molecule has 0 aromatic carbocycles. The molecular formula is C13H19N3O2S3. The van der Waals surface area contributed by atoms with E-state index in [1.807, 2.05) is 10.8 Å². The molecule has 0 spiro atoms. The Morgan fingerprint density at radius 1 is 1.29 bits per heavy atom. The van der Waals surface area contributed by atoms with E-state index in [1.165, 1.54) is 22.7 Å². The van der Waals surface area contributed by atoms with Gasteiger partial charge in [0.25, 0.3) is 0 Å². The molecule has 2 heterocycles. The molecule has 116 valence electrons. The third-order valence-corrected chi connectivity index (χ3v) is 6.39. The Balaban J connectivity index is 1.86. The fourth-order valence-electron chi connectivity index (χ4n) is 1.74. The standard InChI is InChI=1S/C13H19N3O2S3/c1-2-4-14-7-11-6-13(20-8-11)21(17,18)16-5-3-12-9-19-10-15-12/h6,8-10,14,16H,2-5,7H2,1H3. The Hall–Kier alpha value is -0.800. The fourth-order valence-corrected chi connectivity index (χ4v) is 4.62. The van der Waals surface area contributed by atoms with Gasteiger partial charge in [-0.15, -0.1) is 22.7 Å². The first-order valence-corrected chi connectivity index (χ1v) is 10.1. The summed E-state index contributed by atoms with van der Waals surface area (Å²) in [5.74, 6) is 0. The van der Waals surface area contributed by atoms with Crippen LogP contribution in [-0.4, -0.2) is 26.5 Å².